The Morgan fingerprint density at radius 2 is 1.79 bits per heavy atom. The topological polar surface area (TPSA) is 186 Å². The zero-order valence-corrected chi connectivity index (χ0v) is 30.5. The minimum atomic E-state index is -2.27. The van der Waals surface area contributed by atoms with Gasteiger partial charge >= 0.3 is 23.3 Å². The lowest BCUT2D eigenvalue weighted by atomic mass is 9.70. The normalized spacial score (nSPS) is 19.4. The number of pyridine rings is 2. The number of carbonyl (C=O) groups is 2. The fourth-order valence-electron chi connectivity index (χ4n) is 7.60. The zero-order valence-electron chi connectivity index (χ0n) is 30.5. The number of ether oxygens (including phenoxy) is 1. The molecular formula is C35H41F2N7O8. The molecule has 2 N–H and O–H groups in total. The Bertz CT molecular complexity index is 2210. The molecule has 5 rings (SSSR count). The monoisotopic (exact) mass is 725 g/mol. The van der Waals surface area contributed by atoms with Crippen LogP contribution in [0.15, 0.2) is 29.1 Å². The third-order valence-electron chi connectivity index (χ3n) is 9.80. The molecular weight excluding hydrogens is 684 g/mol. The van der Waals surface area contributed by atoms with E-state index in [9.17, 15) is 34.7 Å². The predicted octanol–water partition coefficient (Wildman–Crippen LogP) is 5.86. The second-order valence-electron chi connectivity index (χ2n) is 14.6. The van der Waals surface area contributed by atoms with Crippen LogP contribution in [0.4, 0.5) is 25.0 Å². The van der Waals surface area contributed by atoms with Gasteiger partial charge in [-0.05, 0) is 50.3 Å². The van der Waals surface area contributed by atoms with Gasteiger partial charge in [-0.15, -0.1) is 0 Å². The van der Waals surface area contributed by atoms with Gasteiger partial charge in [0.05, 0.1) is 52.1 Å². The van der Waals surface area contributed by atoms with Crippen LogP contribution in [0.3, 0.4) is 0 Å². The summed E-state index contributed by atoms with van der Waals surface area (Å²) in [7, 11) is 2.86. The second kappa shape index (κ2) is 12.9. The van der Waals surface area contributed by atoms with Gasteiger partial charge in [-0.1, -0.05) is 40.7 Å². The number of aromatic nitrogens is 4. The number of fused-ring (bicyclic) bond motifs is 1. The predicted molar refractivity (Wildman–Crippen MR) is 187 cm³/mol. The van der Waals surface area contributed by atoms with Crippen LogP contribution in [-0.4, -0.2) is 82.7 Å². The Morgan fingerprint density at radius 1 is 1.15 bits per heavy atom. The summed E-state index contributed by atoms with van der Waals surface area (Å²) in [6.45, 7) is 12.4. The lowest BCUT2D eigenvalue weighted by Crippen LogP contribution is -2.76. The van der Waals surface area contributed by atoms with Crippen LogP contribution in [0.1, 0.15) is 65.8 Å². The van der Waals surface area contributed by atoms with Gasteiger partial charge in [-0.3, -0.25) is 29.1 Å². The van der Waals surface area contributed by atoms with Gasteiger partial charge in [0.15, 0.2) is 17.0 Å². The molecule has 4 heterocycles. The van der Waals surface area contributed by atoms with E-state index < -0.39 is 80.8 Å². The van der Waals surface area contributed by atoms with Gasteiger partial charge in [0.25, 0.3) is 0 Å². The van der Waals surface area contributed by atoms with E-state index in [1.54, 1.807) is 48.6 Å². The smallest absolute Gasteiger partial charge is 0.407 e. The summed E-state index contributed by atoms with van der Waals surface area (Å²) in [6.07, 6.45) is -1.42. The third kappa shape index (κ3) is 5.58. The van der Waals surface area contributed by atoms with Crippen molar-refractivity contribution in [1.29, 1.82) is 0 Å². The molecule has 15 nitrogen and oxygen atoms in total. The number of anilines is 1. The Kier molecular flexibility index (Phi) is 9.31. The zero-order chi connectivity index (χ0) is 38.9. The van der Waals surface area contributed by atoms with E-state index in [0.717, 1.165) is 26.5 Å². The maximum absolute atomic E-state index is 16.6. The molecule has 17 heteroatoms. The van der Waals surface area contributed by atoms with Crippen LogP contribution in [0.2, 0.25) is 0 Å². The molecule has 1 saturated heterocycles. The van der Waals surface area contributed by atoms with Crippen molar-refractivity contribution in [3.05, 3.63) is 67.8 Å². The quantitative estimate of drug-likeness (QED) is 0.172. The highest BCUT2D eigenvalue weighted by Gasteiger charge is 2.61. The summed E-state index contributed by atoms with van der Waals surface area (Å²) in [4.78, 5) is 59.8. The highest BCUT2D eigenvalue weighted by molar-refractivity contribution is 6.00. The highest BCUT2D eigenvalue weighted by Crippen LogP contribution is 2.48. The van der Waals surface area contributed by atoms with Crippen LogP contribution in [0.25, 0.3) is 28.0 Å². The molecule has 0 aliphatic carbocycles. The number of carboxylic acids is 1. The molecule has 0 saturated carbocycles. The minimum Gasteiger partial charge on any atom is -0.496 e. The summed E-state index contributed by atoms with van der Waals surface area (Å²) >= 11 is 0. The number of carboxylic acid groups (broad SMARTS) is 2. The first-order valence-corrected chi connectivity index (χ1v) is 16.4. The van der Waals surface area contributed by atoms with Gasteiger partial charge in [0.1, 0.15) is 22.9 Å². The molecule has 0 spiro atoms. The number of halogens is 2. The number of nitro groups is 1. The fourth-order valence-corrected chi connectivity index (χ4v) is 7.60. The third-order valence-corrected chi connectivity index (χ3v) is 9.80. The molecule has 3 atom stereocenters. The van der Waals surface area contributed by atoms with Crippen molar-refractivity contribution in [2.45, 2.75) is 78.9 Å². The Balaban J connectivity index is 2.08. The highest BCUT2D eigenvalue weighted by atomic mass is 19.1. The SMILES string of the molecule is COc1cccc(F)c1-c1nc2c(cc1F)c(N1C[C@@H](C)N(C(=O)O)C(C(C)(C)C)[C@]1(C)C(=O)O)c([N+](=O)[O-])c(=O)n2-c1c(C(C)C)nn(C)c1C. The number of aryl methyl sites for hydroxylation is 1. The average molecular weight is 726 g/mol. The molecule has 0 radical (unpaired) electrons. The van der Waals surface area contributed by atoms with E-state index in [-0.39, 0.29) is 34.0 Å². The number of methoxy groups -OCH3 is 1. The van der Waals surface area contributed by atoms with Crippen molar-refractivity contribution in [1.82, 2.24) is 24.2 Å². The molecule has 1 amide bonds. The van der Waals surface area contributed by atoms with Crippen molar-refractivity contribution in [2.24, 2.45) is 12.5 Å². The average Bonchev–Trinajstić information content (AvgIpc) is 3.33. The molecule has 0 bridgehead atoms. The van der Waals surface area contributed by atoms with Crippen LogP contribution in [-0.2, 0) is 11.8 Å². The number of hydrogen-bond donors (Lipinski definition) is 2. The summed E-state index contributed by atoms with van der Waals surface area (Å²) in [5.41, 5.74) is -6.77. The maximum atomic E-state index is 16.6. The van der Waals surface area contributed by atoms with Gasteiger partial charge < -0.3 is 19.8 Å². The van der Waals surface area contributed by atoms with Crippen molar-refractivity contribution in [3.63, 3.8) is 0 Å². The summed E-state index contributed by atoms with van der Waals surface area (Å²) in [6, 6.07) is 2.31. The number of piperazine rings is 1. The van der Waals surface area contributed by atoms with Crippen molar-refractivity contribution in [2.75, 3.05) is 18.6 Å². The van der Waals surface area contributed by atoms with Gasteiger partial charge in [0.2, 0.25) is 0 Å². The van der Waals surface area contributed by atoms with E-state index in [0.29, 0.717) is 11.4 Å². The number of rotatable bonds is 7. The molecule has 1 aliphatic rings. The summed E-state index contributed by atoms with van der Waals surface area (Å²) in [5.74, 6) is -4.05. The summed E-state index contributed by atoms with van der Waals surface area (Å²) in [5, 5.41) is 38.6. The molecule has 278 valence electrons. The van der Waals surface area contributed by atoms with Crippen molar-refractivity contribution in [3.8, 4) is 22.7 Å². The number of aliphatic carboxylic acids is 1. The number of hydrogen-bond acceptors (Lipinski definition) is 9. The van der Waals surface area contributed by atoms with Gasteiger partial charge in [-0.25, -0.2) is 23.4 Å². The number of amides is 1. The first-order valence-electron chi connectivity index (χ1n) is 16.4. The molecule has 52 heavy (non-hydrogen) atoms. The Hall–Kier alpha value is -5.61. The summed E-state index contributed by atoms with van der Waals surface area (Å²) < 4.78 is 39.8. The van der Waals surface area contributed by atoms with Crippen LogP contribution in [0.5, 0.6) is 5.75 Å². The lowest BCUT2D eigenvalue weighted by molar-refractivity contribution is -0.385. The molecule has 4 aromatic rings. The van der Waals surface area contributed by atoms with E-state index >= 15 is 8.78 Å². The Morgan fingerprint density at radius 3 is 2.31 bits per heavy atom. The fraction of sp³-hybridized carbons (Fsp3) is 0.457. The first-order chi connectivity index (χ1) is 24.1. The van der Waals surface area contributed by atoms with Crippen LogP contribution in [0, 0.1) is 34.1 Å². The van der Waals surface area contributed by atoms with E-state index in [1.165, 1.54) is 37.8 Å². The van der Waals surface area contributed by atoms with Crippen LogP contribution < -0.4 is 15.2 Å². The van der Waals surface area contributed by atoms with Crippen molar-refractivity contribution >= 4 is 34.5 Å². The molecule has 3 aromatic heterocycles. The Labute approximate surface area is 297 Å². The van der Waals surface area contributed by atoms with E-state index in [4.69, 9.17) is 4.74 Å². The maximum Gasteiger partial charge on any atom is 0.407 e. The first kappa shape index (κ1) is 37.6. The standard InChI is InChI=1S/C35H41F2N7O8/c1-16(2)24-26(18(4)40(9)39-24)43-29-19(14-21(37)25(38-29)23-20(36)12-11-13-22(23)52-10)27(28(30(43)45)44(50)51)41-15-17(3)42(33(48)49)31(34(5,6)7)35(41,8)32(46)47/h11-14,16-17,31H,15H2,1-10H3,(H,46,47)(H,48,49)/t17-,31?,35-/m1/s1. The molecule has 1 fully saturated rings. The molecule has 1 unspecified atom stereocenters. The largest absolute Gasteiger partial charge is 0.496 e. The van der Waals surface area contributed by atoms with Crippen molar-refractivity contribution < 1.29 is 38.2 Å². The number of benzene rings is 1. The van der Waals surface area contributed by atoms with E-state index in [2.05, 4.69) is 10.1 Å². The number of nitrogens with zero attached hydrogens (tertiary/aromatic N) is 7. The lowest BCUT2D eigenvalue weighted by Gasteiger charge is -2.58. The molecule has 1 aromatic carbocycles. The second-order valence-corrected chi connectivity index (χ2v) is 14.6. The molecule has 1 aliphatic heterocycles. The minimum absolute atomic E-state index is 0.0905. The van der Waals surface area contributed by atoms with Gasteiger partial charge in [-0.2, -0.15) is 5.10 Å². The van der Waals surface area contributed by atoms with E-state index in [1.807, 2.05) is 0 Å². The van der Waals surface area contributed by atoms with Gasteiger partial charge in [0, 0.05) is 13.6 Å². The van der Waals surface area contributed by atoms with Crippen LogP contribution >= 0.6 is 0 Å².